The van der Waals surface area contributed by atoms with E-state index in [1.807, 2.05) is 24.3 Å². The minimum absolute atomic E-state index is 0.00534. The molecular weight excluding hydrogens is 352 g/mol. The molecule has 0 spiro atoms. The quantitative estimate of drug-likeness (QED) is 0.776. The van der Waals surface area contributed by atoms with Gasteiger partial charge in [0.1, 0.15) is 5.75 Å². The molecule has 0 unspecified atom stereocenters. The summed E-state index contributed by atoms with van der Waals surface area (Å²) in [6.07, 6.45) is 0. The third kappa shape index (κ3) is 5.77. The average molecular weight is 376 g/mol. The number of benzene rings is 2. The number of hydrogen-bond acceptors (Lipinski definition) is 4. The van der Waals surface area contributed by atoms with Crippen LogP contribution in [0.25, 0.3) is 0 Å². The summed E-state index contributed by atoms with van der Waals surface area (Å²) < 4.78 is 29.0. The zero-order valence-corrected chi connectivity index (χ0v) is 16.0. The van der Waals surface area contributed by atoms with Crippen molar-refractivity contribution in [3.63, 3.8) is 0 Å². The second-order valence-corrected chi connectivity index (χ2v) is 8.77. The standard InChI is InChI=1S/C19H24N2O4S/c1-14(2)26(23,24)13-16-4-8-17(9-5-16)21-19(22)20-12-15-6-10-18(25-3)11-7-15/h4-11,14H,12-13H2,1-3H3,(H2,20,21,22). The van der Waals surface area contributed by atoms with E-state index < -0.39 is 15.1 Å². The van der Waals surface area contributed by atoms with Crippen LogP contribution in [-0.2, 0) is 22.1 Å². The predicted octanol–water partition coefficient (Wildman–Crippen LogP) is 3.34. The summed E-state index contributed by atoms with van der Waals surface area (Å²) in [7, 11) is -1.54. The summed E-state index contributed by atoms with van der Waals surface area (Å²) in [5, 5.41) is 5.08. The molecule has 2 aromatic rings. The predicted molar refractivity (Wildman–Crippen MR) is 103 cm³/mol. The molecule has 6 nitrogen and oxygen atoms in total. The van der Waals surface area contributed by atoms with Crippen LogP contribution >= 0.6 is 0 Å². The summed E-state index contributed by atoms with van der Waals surface area (Å²) in [5.41, 5.74) is 2.25. The van der Waals surface area contributed by atoms with Gasteiger partial charge < -0.3 is 15.4 Å². The first kappa shape index (κ1) is 19.8. The minimum atomic E-state index is -3.14. The molecule has 2 aromatic carbocycles. The van der Waals surface area contributed by atoms with Crippen LogP contribution in [0.1, 0.15) is 25.0 Å². The molecular formula is C19H24N2O4S. The van der Waals surface area contributed by atoms with E-state index in [4.69, 9.17) is 4.74 Å². The number of rotatable bonds is 7. The smallest absolute Gasteiger partial charge is 0.319 e. The van der Waals surface area contributed by atoms with Gasteiger partial charge in [0.15, 0.2) is 9.84 Å². The molecule has 0 radical (unpaired) electrons. The van der Waals surface area contributed by atoms with Gasteiger partial charge >= 0.3 is 6.03 Å². The number of nitrogens with one attached hydrogen (secondary N) is 2. The molecule has 2 N–H and O–H groups in total. The van der Waals surface area contributed by atoms with Crippen LogP contribution in [-0.4, -0.2) is 26.8 Å². The van der Waals surface area contributed by atoms with Crippen LogP contribution < -0.4 is 15.4 Å². The fraction of sp³-hybridized carbons (Fsp3) is 0.316. The highest BCUT2D eigenvalue weighted by atomic mass is 32.2. The maximum atomic E-state index is 12.0. The van der Waals surface area contributed by atoms with Crippen LogP contribution in [0, 0.1) is 0 Å². The Bertz CT molecular complexity index is 829. The zero-order valence-electron chi connectivity index (χ0n) is 15.2. The molecule has 7 heteroatoms. The number of sulfone groups is 1. The second kappa shape index (κ2) is 8.71. The first-order valence-corrected chi connectivity index (χ1v) is 10.00. The molecule has 0 aliphatic rings. The lowest BCUT2D eigenvalue weighted by Crippen LogP contribution is -2.28. The average Bonchev–Trinajstić information content (AvgIpc) is 2.61. The minimum Gasteiger partial charge on any atom is -0.497 e. The van der Waals surface area contributed by atoms with E-state index in [9.17, 15) is 13.2 Å². The molecule has 0 fully saturated rings. The molecule has 0 aromatic heterocycles. The summed E-state index contributed by atoms with van der Waals surface area (Å²) in [6, 6.07) is 13.9. The van der Waals surface area contributed by atoms with Crippen LogP contribution in [0.5, 0.6) is 5.75 Å². The second-order valence-electron chi connectivity index (χ2n) is 6.21. The molecule has 26 heavy (non-hydrogen) atoms. The third-order valence-electron chi connectivity index (χ3n) is 3.91. The molecule has 0 aliphatic heterocycles. The first-order valence-electron chi connectivity index (χ1n) is 8.28. The fourth-order valence-corrected chi connectivity index (χ4v) is 3.17. The van der Waals surface area contributed by atoms with E-state index in [-0.39, 0.29) is 11.8 Å². The Hall–Kier alpha value is -2.54. The Balaban J connectivity index is 1.86. The van der Waals surface area contributed by atoms with Crippen molar-refractivity contribution in [2.45, 2.75) is 31.4 Å². The van der Waals surface area contributed by atoms with Crippen LogP contribution in [0.15, 0.2) is 48.5 Å². The normalized spacial score (nSPS) is 11.2. The summed E-state index contributed by atoms with van der Waals surface area (Å²) >= 11 is 0. The number of carbonyl (C=O) groups excluding carboxylic acids is 1. The van der Waals surface area contributed by atoms with Gasteiger partial charge in [-0.3, -0.25) is 0 Å². The van der Waals surface area contributed by atoms with Crippen LogP contribution in [0.2, 0.25) is 0 Å². The lowest BCUT2D eigenvalue weighted by Gasteiger charge is -2.10. The molecule has 0 saturated carbocycles. The number of anilines is 1. The Morgan fingerprint density at radius 3 is 2.12 bits per heavy atom. The van der Waals surface area contributed by atoms with Crippen molar-refractivity contribution in [3.05, 3.63) is 59.7 Å². The molecule has 2 rings (SSSR count). The molecule has 0 saturated heterocycles. The third-order valence-corrected chi connectivity index (χ3v) is 6.08. The SMILES string of the molecule is COc1ccc(CNC(=O)Nc2ccc(CS(=O)(=O)C(C)C)cc2)cc1. The van der Waals surface area contributed by atoms with Gasteiger partial charge in [0.25, 0.3) is 0 Å². The van der Waals surface area contributed by atoms with E-state index in [1.54, 1.807) is 45.2 Å². The van der Waals surface area contributed by atoms with E-state index in [0.29, 0.717) is 17.8 Å². The van der Waals surface area contributed by atoms with Crippen molar-refractivity contribution >= 4 is 21.6 Å². The van der Waals surface area contributed by atoms with Crippen molar-refractivity contribution in [1.82, 2.24) is 5.32 Å². The Morgan fingerprint density at radius 1 is 1.00 bits per heavy atom. The number of urea groups is 1. The van der Waals surface area contributed by atoms with E-state index in [1.165, 1.54) is 0 Å². The van der Waals surface area contributed by atoms with Crippen molar-refractivity contribution < 1.29 is 17.9 Å². The molecule has 0 aliphatic carbocycles. The van der Waals surface area contributed by atoms with E-state index >= 15 is 0 Å². The molecule has 0 atom stereocenters. The molecule has 0 heterocycles. The maximum absolute atomic E-state index is 12.0. The van der Waals surface area contributed by atoms with Crippen molar-refractivity contribution in [2.75, 3.05) is 12.4 Å². The molecule has 0 bridgehead atoms. The summed E-state index contributed by atoms with van der Waals surface area (Å²) in [4.78, 5) is 12.0. The van der Waals surface area contributed by atoms with E-state index in [0.717, 1.165) is 11.3 Å². The lowest BCUT2D eigenvalue weighted by molar-refractivity contribution is 0.251. The van der Waals surface area contributed by atoms with Gasteiger partial charge in [0.05, 0.1) is 18.1 Å². The fourth-order valence-electron chi connectivity index (χ4n) is 2.18. The number of methoxy groups -OCH3 is 1. The monoisotopic (exact) mass is 376 g/mol. The largest absolute Gasteiger partial charge is 0.497 e. The van der Waals surface area contributed by atoms with Crippen molar-refractivity contribution in [3.8, 4) is 5.75 Å². The van der Waals surface area contributed by atoms with Gasteiger partial charge in [-0.05, 0) is 49.2 Å². The Labute approximate surface area is 154 Å². The van der Waals surface area contributed by atoms with Crippen LogP contribution in [0.4, 0.5) is 10.5 Å². The van der Waals surface area contributed by atoms with Gasteiger partial charge in [-0.1, -0.05) is 24.3 Å². The van der Waals surface area contributed by atoms with Gasteiger partial charge in [-0.2, -0.15) is 0 Å². The highest BCUT2D eigenvalue weighted by Crippen LogP contribution is 2.15. The van der Waals surface area contributed by atoms with Gasteiger partial charge in [0, 0.05) is 12.2 Å². The highest BCUT2D eigenvalue weighted by molar-refractivity contribution is 7.91. The lowest BCUT2D eigenvalue weighted by atomic mass is 10.2. The topological polar surface area (TPSA) is 84.5 Å². The highest BCUT2D eigenvalue weighted by Gasteiger charge is 2.16. The zero-order chi connectivity index (χ0) is 19.2. The van der Waals surface area contributed by atoms with Crippen LogP contribution in [0.3, 0.4) is 0 Å². The number of hydrogen-bond donors (Lipinski definition) is 2. The maximum Gasteiger partial charge on any atom is 0.319 e. The Morgan fingerprint density at radius 2 is 1.58 bits per heavy atom. The van der Waals surface area contributed by atoms with Gasteiger partial charge in [-0.15, -0.1) is 0 Å². The number of ether oxygens (including phenoxy) is 1. The first-order chi connectivity index (χ1) is 12.3. The Kier molecular flexibility index (Phi) is 6.63. The van der Waals surface area contributed by atoms with Crippen molar-refractivity contribution in [2.24, 2.45) is 0 Å². The summed E-state index contributed by atoms with van der Waals surface area (Å²) in [6.45, 7) is 3.72. The molecule has 2 amide bonds. The number of amides is 2. The van der Waals surface area contributed by atoms with Crippen molar-refractivity contribution in [1.29, 1.82) is 0 Å². The number of carbonyl (C=O) groups is 1. The van der Waals surface area contributed by atoms with Gasteiger partial charge in [0.2, 0.25) is 0 Å². The van der Waals surface area contributed by atoms with Gasteiger partial charge in [-0.25, -0.2) is 13.2 Å². The summed E-state index contributed by atoms with van der Waals surface area (Å²) in [5.74, 6) is 0.756. The molecule has 140 valence electrons. The van der Waals surface area contributed by atoms with E-state index in [2.05, 4.69) is 10.6 Å².